The predicted molar refractivity (Wildman–Crippen MR) is 122 cm³/mol. The zero-order chi connectivity index (χ0) is 21.6. The second-order valence-corrected chi connectivity index (χ2v) is 8.11. The summed E-state index contributed by atoms with van der Waals surface area (Å²) < 4.78 is 0. The van der Waals surface area contributed by atoms with E-state index in [2.05, 4.69) is 42.6 Å². The van der Waals surface area contributed by atoms with E-state index >= 15 is 0 Å². The van der Waals surface area contributed by atoms with Crippen LogP contribution in [0.2, 0.25) is 0 Å². The molecule has 1 N–H and O–H groups in total. The number of aryl methyl sites for hydroxylation is 1. The van der Waals surface area contributed by atoms with E-state index in [0.29, 0.717) is 13.1 Å². The Kier molecular flexibility index (Phi) is 6.46. The highest BCUT2D eigenvalue weighted by atomic mass is 16.2. The van der Waals surface area contributed by atoms with E-state index < -0.39 is 0 Å². The van der Waals surface area contributed by atoms with Gasteiger partial charge in [0.15, 0.2) is 0 Å². The lowest BCUT2D eigenvalue weighted by Crippen LogP contribution is -2.41. The topological polar surface area (TPSA) is 49.4 Å². The van der Waals surface area contributed by atoms with Gasteiger partial charge in [-0.25, -0.2) is 0 Å². The van der Waals surface area contributed by atoms with Gasteiger partial charge in [0.1, 0.15) is 0 Å². The minimum Gasteiger partial charge on any atom is -0.352 e. The van der Waals surface area contributed by atoms with Crippen molar-refractivity contribution >= 4 is 11.8 Å². The lowest BCUT2D eigenvalue weighted by Gasteiger charge is -2.38. The molecule has 1 heterocycles. The summed E-state index contributed by atoms with van der Waals surface area (Å²) in [6.07, 6.45) is 1.25. The Morgan fingerprint density at radius 3 is 2.39 bits per heavy atom. The van der Waals surface area contributed by atoms with Crippen molar-refractivity contribution in [1.29, 1.82) is 0 Å². The summed E-state index contributed by atoms with van der Waals surface area (Å²) >= 11 is 0. The van der Waals surface area contributed by atoms with E-state index in [1.807, 2.05) is 53.4 Å². The van der Waals surface area contributed by atoms with Crippen LogP contribution < -0.4 is 5.32 Å². The molecule has 0 radical (unpaired) electrons. The van der Waals surface area contributed by atoms with Gasteiger partial charge in [-0.3, -0.25) is 9.59 Å². The molecular formula is C27H28N2O2. The van der Waals surface area contributed by atoms with Crippen LogP contribution in [0.15, 0.2) is 78.9 Å². The average Bonchev–Trinajstić information content (AvgIpc) is 2.81. The van der Waals surface area contributed by atoms with Crippen LogP contribution in [0.3, 0.4) is 0 Å². The van der Waals surface area contributed by atoms with Gasteiger partial charge in [0, 0.05) is 25.9 Å². The number of benzene rings is 3. The zero-order valence-electron chi connectivity index (χ0n) is 17.9. The van der Waals surface area contributed by atoms with Crippen molar-refractivity contribution in [2.75, 3.05) is 6.54 Å². The maximum Gasteiger partial charge on any atom is 0.223 e. The normalized spacial score (nSPS) is 15.3. The van der Waals surface area contributed by atoms with E-state index in [1.54, 1.807) is 0 Å². The summed E-state index contributed by atoms with van der Waals surface area (Å²) in [5.41, 5.74) is 5.84. The van der Waals surface area contributed by atoms with Crippen molar-refractivity contribution in [1.82, 2.24) is 10.2 Å². The molecule has 0 spiro atoms. The molecule has 1 unspecified atom stereocenters. The SMILES string of the molecule is Cc1ccc2c(c1)C(c1ccccc1)N(C(=O)CCC(=O)NCc1ccccc1)CC2. The van der Waals surface area contributed by atoms with Crippen molar-refractivity contribution in [2.45, 2.75) is 38.8 Å². The highest BCUT2D eigenvalue weighted by molar-refractivity contribution is 5.84. The van der Waals surface area contributed by atoms with Gasteiger partial charge in [-0.15, -0.1) is 0 Å². The van der Waals surface area contributed by atoms with Gasteiger partial charge in [-0.1, -0.05) is 84.4 Å². The highest BCUT2D eigenvalue weighted by Gasteiger charge is 2.31. The fourth-order valence-corrected chi connectivity index (χ4v) is 4.25. The summed E-state index contributed by atoms with van der Waals surface area (Å²) in [5.74, 6) is -0.0717. The third-order valence-corrected chi connectivity index (χ3v) is 5.86. The molecule has 3 aromatic carbocycles. The van der Waals surface area contributed by atoms with Crippen LogP contribution in [-0.4, -0.2) is 23.3 Å². The molecule has 0 bridgehead atoms. The number of carbonyl (C=O) groups is 2. The Morgan fingerprint density at radius 2 is 1.65 bits per heavy atom. The minimum absolute atomic E-state index is 0.0240. The van der Waals surface area contributed by atoms with Crippen molar-refractivity contribution < 1.29 is 9.59 Å². The third kappa shape index (κ3) is 5.02. The fourth-order valence-electron chi connectivity index (χ4n) is 4.25. The molecule has 4 heteroatoms. The smallest absolute Gasteiger partial charge is 0.223 e. The lowest BCUT2D eigenvalue weighted by molar-refractivity contribution is -0.135. The maximum atomic E-state index is 13.2. The quantitative estimate of drug-likeness (QED) is 0.645. The molecule has 1 aliphatic rings. The van der Waals surface area contributed by atoms with Gasteiger partial charge in [0.05, 0.1) is 6.04 Å². The monoisotopic (exact) mass is 412 g/mol. The molecule has 0 aliphatic carbocycles. The second kappa shape index (κ2) is 9.61. The molecule has 31 heavy (non-hydrogen) atoms. The molecule has 4 nitrogen and oxygen atoms in total. The number of hydrogen-bond acceptors (Lipinski definition) is 2. The first-order valence-corrected chi connectivity index (χ1v) is 10.9. The third-order valence-electron chi connectivity index (χ3n) is 5.86. The minimum atomic E-state index is -0.107. The first-order chi connectivity index (χ1) is 15.1. The summed E-state index contributed by atoms with van der Waals surface area (Å²) in [5, 5.41) is 2.91. The Morgan fingerprint density at radius 1 is 0.935 bits per heavy atom. The first kappa shape index (κ1) is 20.9. The van der Waals surface area contributed by atoms with Crippen LogP contribution >= 0.6 is 0 Å². The van der Waals surface area contributed by atoms with Crippen LogP contribution in [0.5, 0.6) is 0 Å². The van der Waals surface area contributed by atoms with E-state index in [-0.39, 0.29) is 30.7 Å². The average molecular weight is 413 g/mol. The fraction of sp³-hybridized carbons (Fsp3) is 0.259. The summed E-state index contributed by atoms with van der Waals surface area (Å²) in [6.45, 7) is 3.23. The lowest BCUT2D eigenvalue weighted by atomic mass is 9.87. The zero-order valence-corrected chi connectivity index (χ0v) is 17.9. The molecule has 3 aromatic rings. The van der Waals surface area contributed by atoms with Gasteiger partial charge in [0.25, 0.3) is 0 Å². The van der Waals surface area contributed by atoms with E-state index in [9.17, 15) is 9.59 Å². The van der Waals surface area contributed by atoms with Crippen molar-refractivity contribution in [3.05, 3.63) is 107 Å². The Labute approximate surface area is 183 Å². The van der Waals surface area contributed by atoms with Crippen molar-refractivity contribution in [2.24, 2.45) is 0 Å². The number of fused-ring (bicyclic) bond motifs is 1. The van der Waals surface area contributed by atoms with Crippen LogP contribution in [0.1, 0.15) is 46.7 Å². The number of nitrogens with zero attached hydrogens (tertiary/aromatic N) is 1. The molecular weight excluding hydrogens is 384 g/mol. The van der Waals surface area contributed by atoms with Crippen LogP contribution in [-0.2, 0) is 22.6 Å². The number of nitrogens with one attached hydrogen (secondary N) is 1. The summed E-state index contributed by atoms with van der Waals surface area (Å²) in [4.78, 5) is 27.5. The Bertz CT molecular complexity index is 1050. The highest BCUT2D eigenvalue weighted by Crippen LogP contribution is 2.36. The Hall–Kier alpha value is -3.40. The van der Waals surface area contributed by atoms with Gasteiger partial charge >= 0.3 is 0 Å². The number of amides is 2. The Balaban J connectivity index is 1.45. The molecule has 0 saturated carbocycles. The molecule has 0 aromatic heterocycles. The number of carbonyl (C=O) groups excluding carboxylic acids is 2. The standard InChI is InChI=1S/C27H28N2O2/c1-20-12-13-22-16-17-29(27(24(22)18-20)23-10-6-3-7-11-23)26(31)15-14-25(30)28-19-21-8-4-2-5-9-21/h2-13,18,27H,14-17,19H2,1H3,(H,28,30). The van der Waals surface area contributed by atoms with E-state index in [4.69, 9.17) is 0 Å². The van der Waals surface area contributed by atoms with Crippen LogP contribution in [0, 0.1) is 6.92 Å². The van der Waals surface area contributed by atoms with Crippen molar-refractivity contribution in [3.8, 4) is 0 Å². The second-order valence-electron chi connectivity index (χ2n) is 8.11. The molecule has 158 valence electrons. The molecule has 1 aliphatic heterocycles. The van der Waals surface area contributed by atoms with Gasteiger partial charge < -0.3 is 10.2 Å². The molecule has 0 fully saturated rings. The van der Waals surface area contributed by atoms with Gasteiger partial charge in [0.2, 0.25) is 11.8 Å². The van der Waals surface area contributed by atoms with Gasteiger partial charge in [-0.05, 0) is 35.6 Å². The van der Waals surface area contributed by atoms with Crippen LogP contribution in [0.4, 0.5) is 0 Å². The van der Waals surface area contributed by atoms with E-state index in [1.165, 1.54) is 16.7 Å². The predicted octanol–water partition coefficient (Wildman–Crippen LogP) is 4.57. The van der Waals surface area contributed by atoms with Gasteiger partial charge in [-0.2, -0.15) is 0 Å². The summed E-state index contributed by atoms with van der Waals surface area (Å²) in [6, 6.07) is 26.4. The largest absolute Gasteiger partial charge is 0.352 e. The molecule has 1 atom stereocenters. The molecule has 4 rings (SSSR count). The number of hydrogen-bond donors (Lipinski definition) is 1. The molecule has 0 saturated heterocycles. The van der Waals surface area contributed by atoms with E-state index in [0.717, 1.165) is 17.5 Å². The van der Waals surface area contributed by atoms with Crippen molar-refractivity contribution in [3.63, 3.8) is 0 Å². The number of rotatable bonds is 6. The first-order valence-electron chi connectivity index (χ1n) is 10.9. The maximum absolute atomic E-state index is 13.2. The molecule has 2 amide bonds. The van der Waals surface area contributed by atoms with Crippen LogP contribution in [0.25, 0.3) is 0 Å². The summed E-state index contributed by atoms with van der Waals surface area (Å²) in [7, 11) is 0.